The van der Waals surface area contributed by atoms with Crippen molar-refractivity contribution < 1.29 is 19.0 Å². The molecule has 3 rings (SSSR count). The van der Waals surface area contributed by atoms with Gasteiger partial charge in [0.05, 0.1) is 6.10 Å². The van der Waals surface area contributed by atoms with Crippen molar-refractivity contribution in [3.05, 3.63) is 54.1 Å². The molecule has 1 aliphatic heterocycles. The van der Waals surface area contributed by atoms with Gasteiger partial charge in [-0.3, -0.25) is 4.79 Å². The number of carbonyl (C=O) groups is 1. The molecule has 28 heavy (non-hydrogen) atoms. The molecule has 1 amide bonds. The highest BCUT2D eigenvalue weighted by Gasteiger charge is 2.17. The average molecular weight is 383 g/mol. The number of hydrogen-bond acceptors (Lipinski definition) is 4. The predicted molar refractivity (Wildman–Crippen MR) is 110 cm³/mol. The third-order valence-electron chi connectivity index (χ3n) is 4.79. The van der Waals surface area contributed by atoms with Crippen LogP contribution in [0.3, 0.4) is 0 Å². The van der Waals surface area contributed by atoms with Crippen LogP contribution >= 0.6 is 0 Å². The van der Waals surface area contributed by atoms with Gasteiger partial charge in [0.25, 0.3) is 5.91 Å². The fraction of sp³-hybridized carbons (Fsp3) is 0.435. The Morgan fingerprint density at radius 3 is 2.61 bits per heavy atom. The van der Waals surface area contributed by atoms with Crippen molar-refractivity contribution in [1.29, 1.82) is 0 Å². The van der Waals surface area contributed by atoms with E-state index in [1.807, 2.05) is 48.5 Å². The molecule has 2 aromatic carbocycles. The Morgan fingerprint density at radius 2 is 1.93 bits per heavy atom. The lowest BCUT2D eigenvalue weighted by Gasteiger charge is -2.16. The molecule has 1 saturated heterocycles. The number of amides is 1. The van der Waals surface area contributed by atoms with Crippen molar-refractivity contribution in [2.24, 2.45) is 0 Å². The maximum absolute atomic E-state index is 12.5. The zero-order valence-electron chi connectivity index (χ0n) is 16.8. The summed E-state index contributed by atoms with van der Waals surface area (Å²) < 4.78 is 17.1. The highest BCUT2D eigenvalue weighted by molar-refractivity contribution is 5.94. The minimum atomic E-state index is -0.610. The summed E-state index contributed by atoms with van der Waals surface area (Å²) in [6.07, 6.45) is 1.67. The Morgan fingerprint density at radius 1 is 1.14 bits per heavy atom. The van der Waals surface area contributed by atoms with Gasteiger partial charge >= 0.3 is 0 Å². The molecule has 5 nitrogen and oxygen atoms in total. The Balaban J connectivity index is 1.52. The summed E-state index contributed by atoms with van der Waals surface area (Å²) >= 11 is 0. The molecule has 1 aliphatic rings. The summed E-state index contributed by atoms with van der Waals surface area (Å²) in [7, 11) is 0. The van der Waals surface area contributed by atoms with Crippen LogP contribution in [0.4, 0.5) is 5.69 Å². The first kappa shape index (κ1) is 20.2. The van der Waals surface area contributed by atoms with E-state index in [1.165, 1.54) is 5.56 Å². The molecular formula is C23H29NO4. The van der Waals surface area contributed by atoms with Crippen LogP contribution < -0.4 is 14.8 Å². The zero-order chi connectivity index (χ0) is 19.9. The van der Waals surface area contributed by atoms with Crippen LogP contribution in [0.2, 0.25) is 0 Å². The number of ether oxygens (including phenoxy) is 3. The van der Waals surface area contributed by atoms with E-state index in [4.69, 9.17) is 14.2 Å². The van der Waals surface area contributed by atoms with E-state index in [9.17, 15) is 4.79 Å². The van der Waals surface area contributed by atoms with Crippen molar-refractivity contribution in [3.8, 4) is 11.5 Å². The first-order chi connectivity index (χ1) is 13.5. The summed E-state index contributed by atoms with van der Waals surface area (Å²) in [5.41, 5.74) is 1.92. The van der Waals surface area contributed by atoms with E-state index in [-0.39, 0.29) is 12.0 Å². The van der Waals surface area contributed by atoms with Crippen molar-refractivity contribution in [1.82, 2.24) is 0 Å². The summed E-state index contributed by atoms with van der Waals surface area (Å²) in [6.45, 7) is 7.37. The molecule has 0 unspecified atom stereocenters. The molecule has 0 saturated carbocycles. The Bertz CT molecular complexity index is 766. The van der Waals surface area contributed by atoms with Gasteiger partial charge < -0.3 is 19.5 Å². The molecular weight excluding hydrogens is 354 g/mol. The third kappa shape index (κ3) is 5.73. The summed E-state index contributed by atoms with van der Waals surface area (Å²) in [5, 5.41) is 2.88. The lowest BCUT2D eigenvalue weighted by atomic mass is 10.0. The van der Waals surface area contributed by atoms with Gasteiger partial charge in [0.2, 0.25) is 0 Å². The van der Waals surface area contributed by atoms with Gasteiger partial charge in [-0.2, -0.15) is 0 Å². The molecule has 1 fully saturated rings. The van der Waals surface area contributed by atoms with E-state index in [2.05, 4.69) is 19.2 Å². The Hall–Kier alpha value is -2.53. The van der Waals surface area contributed by atoms with Gasteiger partial charge in [0.1, 0.15) is 18.1 Å². The van der Waals surface area contributed by atoms with E-state index in [1.54, 1.807) is 6.92 Å². The molecule has 2 atom stereocenters. The zero-order valence-corrected chi connectivity index (χ0v) is 16.8. The van der Waals surface area contributed by atoms with Gasteiger partial charge in [-0.25, -0.2) is 0 Å². The van der Waals surface area contributed by atoms with E-state index < -0.39 is 6.10 Å². The van der Waals surface area contributed by atoms with Crippen molar-refractivity contribution in [2.45, 2.75) is 51.7 Å². The second-order valence-electron chi connectivity index (χ2n) is 7.45. The molecule has 5 heteroatoms. The number of nitrogens with one attached hydrogen (secondary N) is 1. The smallest absolute Gasteiger partial charge is 0.265 e. The van der Waals surface area contributed by atoms with Crippen LogP contribution in [0.15, 0.2) is 48.5 Å². The van der Waals surface area contributed by atoms with Crippen LogP contribution in [-0.2, 0) is 9.53 Å². The van der Waals surface area contributed by atoms with Crippen LogP contribution in [0.5, 0.6) is 11.5 Å². The predicted octanol–water partition coefficient (Wildman–Crippen LogP) is 4.77. The third-order valence-corrected chi connectivity index (χ3v) is 4.79. The van der Waals surface area contributed by atoms with Crippen LogP contribution in [0, 0.1) is 0 Å². The monoisotopic (exact) mass is 383 g/mol. The van der Waals surface area contributed by atoms with Crippen molar-refractivity contribution in [2.75, 3.05) is 18.5 Å². The molecule has 0 bridgehead atoms. The number of carbonyl (C=O) groups excluding carboxylic acids is 1. The largest absolute Gasteiger partial charge is 0.491 e. The number of hydrogen-bond donors (Lipinski definition) is 1. The number of benzene rings is 2. The molecule has 0 aliphatic carbocycles. The summed E-state index contributed by atoms with van der Waals surface area (Å²) in [4.78, 5) is 12.5. The molecule has 2 aromatic rings. The SMILES string of the molecule is CC(C)c1ccc(O[C@H](C)C(=O)Nc2cccc(OC[C@H]3CCCO3)c2)cc1. The summed E-state index contributed by atoms with van der Waals surface area (Å²) in [5.74, 6) is 1.65. The van der Waals surface area contributed by atoms with Crippen LogP contribution in [-0.4, -0.2) is 31.3 Å². The second kappa shape index (κ2) is 9.60. The van der Waals surface area contributed by atoms with Crippen LogP contribution in [0.25, 0.3) is 0 Å². The topological polar surface area (TPSA) is 56.8 Å². The lowest BCUT2D eigenvalue weighted by Crippen LogP contribution is -2.30. The Labute approximate surface area is 167 Å². The summed E-state index contributed by atoms with van der Waals surface area (Å²) in [6, 6.07) is 15.2. The Kier molecular flexibility index (Phi) is 6.93. The first-order valence-corrected chi connectivity index (χ1v) is 9.93. The van der Waals surface area contributed by atoms with Crippen LogP contribution in [0.1, 0.15) is 45.1 Å². The number of anilines is 1. The maximum atomic E-state index is 12.5. The highest BCUT2D eigenvalue weighted by atomic mass is 16.5. The molecule has 1 N–H and O–H groups in total. The second-order valence-corrected chi connectivity index (χ2v) is 7.45. The lowest BCUT2D eigenvalue weighted by molar-refractivity contribution is -0.122. The van der Waals surface area contributed by atoms with Gasteiger partial charge in [0, 0.05) is 18.4 Å². The molecule has 1 heterocycles. The fourth-order valence-corrected chi connectivity index (χ4v) is 3.06. The van der Waals surface area contributed by atoms with Gasteiger partial charge in [-0.05, 0) is 55.5 Å². The average Bonchev–Trinajstić information content (AvgIpc) is 3.20. The normalized spacial score (nSPS) is 17.4. The number of rotatable bonds is 8. The van der Waals surface area contributed by atoms with E-state index in [0.29, 0.717) is 29.7 Å². The van der Waals surface area contributed by atoms with E-state index in [0.717, 1.165) is 19.4 Å². The molecule has 0 aromatic heterocycles. The maximum Gasteiger partial charge on any atom is 0.265 e. The molecule has 150 valence electrons. The first-order valence-electron chi connectivity index (χ1n) is 9.93. The highest BCUT2D eigenvalue weighted by Crippen LogP contribution is 2.22. The van der Waals surface area contributed by atoms with Gasteiger partial charge in [0.15, 0.2) is 6.10 Å². The minimum Gasteiger partial charge on any atom is -0.491 e. The van der Waals surface area contributed by atoms with Crippen molar-refractivity contribution >= 4 is 11.6 Å². The fourth-order valence-electron chi connectivity index (χ4n) is 3.06. The molecule has 0 radical (unpaired) electrons. The van der Waals surface area contributed by atoms with Gasteiger partial charge in [-0.1, -0.05) is 32.0 Å². The van der Waals surface area contributed by atoms with Gasteiger partial charge in [-0.15, -0.1) is 0 Å². The molecule has 0 spiro atoms. The minimum absolute atomic E-state index is 0.161. The standard InChI is InChI=1S/C23H29NO4/c1-16(2)18-9-11-20(12-10-18)28-17(3)23(25)24-19-6-4-7-21(14-19)27-15-22-8-5-13-26-22/h4,6-7,9-12,14,16-17,22H,5,8,13,15H2,1-3H3,(H,24,25)/t17-,22-/m1/s1. The quantitative estimate of drug-likeness (QED) is 0.713. The van der Waals surface area contributed by atoms with Crippen molar-refractivity contribution in [3.63, 3.8) is 0 Å². The van der Waals surface area contributed by atoms with E-state index >= 15 is 0 Å².